The lowest BCUT2D eigenvalue weighted by molar-refractivity contribution is 0.669. The lowest BCUT2D eigenvalue weighted by Gasteiger charge is -2.12. The van der Waals surface area contributed by atoms with Gasteiger partial charge in [-0.1, -0.05) is 127 Å². The van der Waals surface area contributed by atoms with E-state index < -0.39 is 0 Å². The number of fused-ring (bicyclic) bond motifs is 7. The second kappa shape index (κ2) is 10.5. The number of rotatable bonds is 4. The number of nitrogens with zero attached hydrogens (tertiary/aromatic N) is 3. The molecule has 0 aliphatic rings. The maximum absolute atomic E-state index is 6.12. The first kappa shape index (κ1) is 26.7. The van der Waals surface area contributed by atoms with Crippen molar-refractivity contribution >= 4 is 54.6 Å². The molecule has 10 aromatic rings. The second-order valence-corrected chi connectivity index (χ2v) is 12.2. The summed E-state index contributed by atoms with van der Waals surface area (Å²) in [6, 6.07) is 57.3. The molecule has 7 aromatic carbocycles. The van der Waals surface area contributed by atoms with Crippen LogP contribution >= 0.6 is 0 Å². The summed E-state index contributed by atoms with van der Waals surface area (Å²) in [5, 5.41) is 5.59. The van der Waals surface area contributed by atoms with Gasteiger partial charge in [0.05, 0.1) is 22.2 Å². The van der Waals surface area contributed by atoms with Gasteiger partial charge in [-0.25, -0.2) is 9.97 Å². The van der Waals surface area contributed by atoms with E-state index in [0.717, 1.165) is 71.6 Å². The molecule has 0 radical (unpaired) electrons. The summed E-state index contributed by atoms with van der Waals surface area (Å²) in [6.45, 7) is 0. The predicted molar refractivity (Wildman–Crippen MR) is 197 cm³/mol. The summed E-state index contributed by atoms with van der Waals surface area (Å²) in [5.41, 5.74) is 11.4. The van der Waals surface area contributed by atoms with Crippen LogP contribution in [0.15, 0.2) is 168 Å². The van der Waals surface area contributed by atoms with E-state index in [2.05, 4.69) is 144 Å². The normalized spacial score (nSPS) is 11.8. The van der Waals surface area contributed by atoms with Gasteiger partial charge in [-0.15, -0.1) is 0 Å². The van der Waals surface area contributed by atoms with Crippen molar-refractivity contribution < 1.29 is 4.42 Å². The highest BCUT2D eigenvalue weighted by atomic mass is 16.3. The molecule has 0 aliphatic carbocycles. The molecule has 0 spiro atoms. The van der Waals surface area contributed by atoms with Crippen molar-refractivity contribution in [3.63, 3.8) is 0 Å². The van der Waals surface area contributed by atoms with Crippen molar-refractivity contribution in [3.05, 3.63) is 164 Å². The van der Waals surface area contributed by atoms with Crippen molar-refractivity contribution in [1.29, 1.82) is 0 Å². The smallest absolute Gasteiger partial charge is 0.235 e. The van der Waals surface area contributed by atoms with Crippen LogP contribution in [0.5, 0.6) is 0 Å². The van der Waals surface area contributed by atoms with E-state index in [9.17, 15) is 0 Å². The number of benzene rings is 7. The molecule has 10 rings (SSSR count). The van der Waals surface area contributed by atoms with Gasteiger partial charge in [-0.2, -0.15) is 0 Å². The minimum atomic E-state index is 0.649. The lowest BCUT2D eigenvalue weighted by Crippen LogP contribution is -2.03. The zero-order valence-electron chi connectivity index (χ0n) is 25.8. The van der Waals surface area contributed by atoms with E-state index >= 15 is 0 Å². The van der Waals surface area contributed by atoms with Crippen LogP contribution in [0.3, 0.4) is 0 Å². The average molecular weight is 614 g/mol. The largest absolute Gasteiger partial charge is 0.456 e. The molecular formula is C44H27N3O. The Hall–Kier alpha value is -6.52. The van der Waals surface area contributed by atoms with Crippen molar-refractivity contribution in [1.82, 2.24) is 14.5 Å². The molecule has 0 fully saturated rings. The van der Waals surface area contributed by atoms with Gasteiger partial charge in [-0.3, -0.25) is 4.57 Å². The summed E-state index contributed by atoms with van der Waals surface area (Å²) in [6.07, 6.45) is 0. The Kier molecular flexibility index (Phi) is 5.84. The van der Waals surface area contributed by atoms with E-state index in [-0.39, 0.29) is 0 Å². The summed E-state index contributed by atoms with van der Waals surface area (Å²) in [5.74, 6) is 0.649. The summed E-state index contributed by atoms with van der Waals surface area (Å²) < 4.78 is 8.34. The minimum Gasteiger partial charge on any atom is -0.456 e. The average Bonchev–Trinajstić information content (AvgIpc) is 3.70. The molecule has 0 bridgehead atoms. The van der Waals surface area contributed by atoms with Gasteiger partial charge in [0.25, 0.3) is 0 Å². The maximum atomic E-state index is 6.12. The molecule has 48 heavy (non-hydrogen) atoms. The first-order chi connectivity index (χ1) is 23.8. The molecular weight excluding hydrogens is 587 g/mol. The highest BCUT2D eigenvalue weighted by Crippen LogP contribution is 2.38. The molecule has 4 nitrogen and oxygen atoms in total. The molecule has 0 saturated carbocycles. The van der Waals surface area contributed by atoms with Crippen molar-refractivity contribution in [2.75, 3.05) is 0 Å². The summed E-state index contributed by atoms with van der Waals surface area (Å²) >= 11 is 0. The second-order valence-electron chi connectivity index (χ2n) is 12.2. The quantitative estimate of drug-likeness (QED) is 0.198. The van der Waals surface area contributed by atoms with Gasteiger partial charge in [0.2, 0.25) is 5.95 Å². The number of aromatic nitrogens is 3. The first-order valence-electron chi connectivity index (χ1n) is 16.2. The Bertz CT molecular complexity index is 2830. The SMILES string of the molecule is c1ccc(-c2ccc(-c3nc(-n4c5ccccc5c5ccc(-c6ccc7oc8ccccc8c7c6)cc54)nc4ccccc34)cc2)cc1. The van der Waals surface area contributed by atoms with Crippen molar-refractivity contribution in [2.24, 2.45) is 0 Å². The van der Waals surface area contributed by atoms with Gasteiger partial charge >= 0.3 is 0 Å². The van der Waals surface area contributed by atoms with Gasteiger partial charge in [0.15, 0.2) is 0 Å². The third-order valence-corrected chi connectivity index (χ3v) is 9.44. The molecule has 0 aliphatic heterocycles. The minimum absolute atomic E-state index is 0.649. The number of hydrogen-bond donors (Lipinski definition) is 0. The number of furan rings is 1. The molecule has 0 atom stereocenters. The van der Waals surface area contributed by atoms with Gasteiger partial charge in [0, 0.05) is 32.5 Å². The van der Waals surface area contributed by atoms with E-state index in [1.165, 1.54) is 16.5 Å². The van der Waals surface area contributed by atoms with Crippen LogP contribution in [0.25, 0.3) is 94.1 Å². The monoisotopic (exact) mass is 613 g/mol. The molecule has 3 heterocycles. The van der Waals surface area contributed by atoms with E-state index in [1.807, 2.05) is 24.3 Å². The van der Waals surface area contributed by atoms with Crippen LogP contribution in [-0.4, -0.2) is 14.5 Å². The van der Waals surface area contributed by atoms with Gasteiger partial charge in [-0.05, 0) is 58.7 Å². The zero-order valence-corrected chi connectivity index (χ0v) is 25.8. The van der Waals surface area contributed by atoms with Crippen molar-refractivity contribution in [3.8, 4) is 39.5 Å². The topological polar surface area (TPSA) is 43.9 Å². The van der Waals surface area contributed by atoms with Crippen LogP contribution in [-0.2, 0) is 0 Å². The molecule has 0 saturated heterocycles. The number of hydrogen-bond acceptors (Lipinski definition) is 3. The molecule has 3 aromatic heterocycles. The summed E-state index contributed by atoms with van der Waals surface area (Å²) in [7, 11) is 0. The third-order valence-electron chi connectivity index (χ3n) is 9.44. The Morgan fingerprint density at radius 3 is 1.85 bits per heavy atom. The Labute approximate surface area is 276 Å². The van der Waals surface area contributed by atoms with Crippen LogP contribution < -0.4 is 0 Å². The molecule has 0 N–H and O–H groups in total. The maximum Gasteiger partial charge on any atom is 0.235 e. The zero-order chi connectivity index (χ0) is 31.6. The fourth-order valence-electron chi connectivity index (χ4n) is 7.11. The predicted octanol–water partition coefficient (Wildman–Crippen LogP) is 11.6. The fraction of sp³-hybridized carbons (Fsp3) is 0. The van der Waals surface area contributed by atoms with Crippen LogP contribution in [0.4, 0.5) is 0 Å². The third kappa shape index (κ3) is 4.16. The fourth-order valence-corrected chi connectivity index (χ4v) is 7.11. The Morgan fingerprint density at radius 1 is 0.375 bits per heavy atom. The van der Waals surface area contributed by atoms with Crippen LogP contribution in [0, 0.1) is 0 Å². The highest BCUT2D eigenvalue weighted by molar-refractivity contribution is 6.11. The Balaban J connectivity index is 1.18. The molecule has 0 unspecified atom stereocenters. The Morgan fingerprint density at radius 2 is 0.979 bits per heavy atom. The van der Waals surface area contributed by atoms with Gasteiger partial charge < -0.3 is 4.42 Å². The van der Waals surface area contributed by atoms with Crippen molar-refractivity contribution in [2.45, 2.75) is 0 Å². The molecule has 0 amide bonds. The molecule has 224 valence electrons. The molecule has 4 heteroatoms. The first-order valence-corrected chi connectivity index (χ1v) is 16.2. The van der Waals surface area contributed by atoms with E-state index in [4.69, 9.17) is 14.4 Å². The van der Waals surface area contributed by atoms with Gasteiger partial charge in [0.1, 0.15) is 11.2 Å². The van der Waals surface area contributed by atoms with E-state index in [0.29, 0.717) is 5.95 Å². The van der Waals surface area contributed by atoms with Crippen LogP contribution in [0.1, 0.15) is 0 Å². The van der Waals surface area contributed by atoms with Crippen LogP contribution in [0.2, 0.25) is 0 Å². The lowest BCUT2D eigenvalue weighted by atomic mass is 10.0. The summed E-state index contributed by atoms with van der Waals surface area (Å²) in [4.78, 5) is 10.5. The van der Waals surface area contributed by atoms with E-state index in [1.54, 1.807) is 0 Å². The highest BCUT2D eigenvalue weighted by Gasteiger charge is 2.18. The number of para-hydroxylation sites is 3. The standard InChI is InChI=1S/C44H27N3O/c1-2-10-28(11-3-1)29-18-20-30(21-19-29)43-36-14-4-7-15-38(36)45-44(46-43)47-39-16-8-5-12-33(39)34-24-22-32(27-40(34)47)31-23-25-42-37(26-31)35-13-6-9-17-41(35)48-42/h1-27H.